The van der Waals surface area contributed by atoms with Crippen molar-refractivity contribution >= 4 is 11.7 Å². The topological polar surface area (TPSA) is 40.5 Å². The van der Waals surface area contributed by atoms with Gasteiger partial charge in [-0.2, -0.15) is 0 Å². The molecule has 1 aromatic carbocycles. The Bertz CT molecular complexity index is 469. The van der Waals surface area contributed by atoms with E-state index in [4.69, 9.17) is 0 Å². The van der Waals surface area contributed by atoms with Crippen molar-refractivity contribution in [3.8, 4) is 0 Å². The minimum absolute atomic E-state index is 0.113. The third kappa shape index (κ3) is 3.22. The first-order valence-electron chi connectivity index (χ1n) is 8.22. The molecule has 0 amide bonds. The first kappa shape index (κ1) is 14.4. The quantitative estimate of drug-likeness (QED) is 0.907. The Morgan fingerprint density at radius 1 is 1.10 bits per heavy atom. The van der Waals surface area contributed by atoms with Crippen molar-refractivity contribution in [2.75, 3.05) is 11.4 Å². The van der Waals surface area contributed by atoms with Crippen molar-refractivity contribution in [2.24, 2.45) is 5.41 Å². The van der Waals surface area contributed by atoms with Crippen molar-refractivity contribution < 1.29 is 9.90 Å². The van der Waals surface area contributed by atoms with E-state index in [0.29, 0.717) is 11.5 Å². The molecule has 1 aromatic rings. The van der Waals surface area contributed by atoms with Crippen LogP contribution in [0.5, 0.6) is 0 Å². The normalized spacial score (nSPS) is 21.5. The van der Waals surface area contributed by atoms with Crippen molar-refractivity contribution in [3.63, 3.8) is 0 Å². The molecule has 2 fully saturated rings. The molecule has 3 nitrogen and oxygen atoms in total. The van der Waals surface area contributed by atoms with Gasteiger partial charge in [0.2, 0.25) is 0 Å². The van der Waals surface area contributed by atoms with Gasteiger partial charge in [-0.05, 0) is 56.1 Å². The van der Waals surface area contributed by atoms with E-state index >= 15 is 0 Å². The fourth-order valence-electron chi connectivity index (χ4n) is 4.35. The van der Waals surface area contributed by atoms with Crippen LogP contribution < -0.4 is 4.90 Å². The van der Waals surface area contributed by atoms with E-state index in [2.05, 4.69) is 4.90 Å². The summed E-state index contributed by atoms with van der Waals surface area (Å²) in [6.45, 7) is 0.113. The fourth-order valence-corrected chi connectivity index (χ4v) is 4.35. The Kier molecular flexibility index (Phi) is 4.18. The van der Waals surface area contributed by atoms with Gasteiger partial charge in [0.25, 0.3) is 0 Å². The summed E-state index contributed by atoms with van der Waals surface area (Å²) in [7, 11) is 0. The number of anilines is 1. The molecule has 2 saturated carbocycles. The average Bonchev–Trinajstić information content (AvgIpc) is 2.95. The number of para-hydroxylation sites is 1. The van der Waals surface area contributed by atoms with Crippen LogP contribution in [0, 0.1) is 5.41 Å². The standard InChI is InChI=1S/C18H25NO2/c20-17(21)14-19(15-6-2-1-3-7-15)16-8-12-18(13-9-16)10-4-5-11-18/h1-3,6-7,16H,4-5,8-14H2,(H,20,21). The second kappa shape index (κ2) is 6.08. The molecule has 0 bridgehead atoms. The molecule has 0 aromatic heterocycles. The fraction of sp³-hybridized carbons (Fsp3) is 0.611. The zero-order valence-electron chi connectivity index (χ0n) is 12.6. The summed E-state index contributed by atoms with van der Waals surface area (Å²) in [5.74, 6) is -0.736. The van der Waals surface area contributed by atoms with Gasteiger partial charge in [-0.15, -0.1) is 0 Å². The molecule has 0 aliphatic heterocycles. The second-order valence-electron chi connectivity index (χ2n) is 6.80. The van der Waals surface area contributed by atoms with Crippen LogP contribution in [0.3, 0.4) is 0 Å². The summed E-state index contributed by atoms with van der Waals surface area (Å²) in [4.78, 5) is 13.3. The SMILES string of the molecule is O=C(O)CN(c1ccccc1)C1CCC2(CCCC2)CC1. The number of carboxylic acids is 1. The number of hydrogen-bond acceptors (Lipinski definition) is 2. The minimum Gasteiger partial charge on any atom is -0.480 e. The smallest absolute Gasteiger partial charge is 0.323 e. The van der Waals surface area contributed by atoms with Crippen molar-refractivity contribution in [1.29, 1.82) is 0 Å². The molecule has 2 aliphatic rings. The zero-order valence-corrected chi connectivity index (χ0v) is 12.6. The Labute approximate surface area is 127 Å². The first-order chi connectivity index (χ1) is 10.2. The Morgan fingerprint density at radius 2 is 1.71 bits per heavy atom. The molecule has 1 spiro atoms. The number of carbonyl (C=O) groups is 1. The van der Waals surface area contributed by atoms with E-state index in [1.165, 1.54) is 38.5 Å². The Hall–Kier alpha value is -1.51. The number of nitrogens with zero attached hydrogens (tertiary/aromatic N) is 1. The van der Waals surface area contributed by atoms with Crippen LogP contribution in [0.25, 0.3) is 0 Å². The molecule has 0 atom stereocenters. The molecule has 21 heavy (non-hydrogen) atoms. The van der Waals surface area contributed by atoms with E-state index in [1.807, 2.05) is 30.3 Å². The third-order valence-electron chi connectivity index (χ3n) is 5.51. The molecule has 0 unspecified atom stereocenters. The van der Waals surface area contributed by atoms with E-state index in [-0.39, 0.29) is 6.54 Å². The molecule has 3 heteroatoms. The highest BCUT2D eigenvalue weighted by Crippen LogP contribution is 2.49. The third-order valence-corrected chi connectivity index (χ3v) is 5.51. The van der Waals surface area contributed by atoms with E-state index in [1.54, 1.807) is 0 Å². The minimum atomic E-state index is -0.736. The van der Waals surface area contributed by atoms with Crippen molar-refractivity contribution in [1.82, 2.24) is 0 Å². The highest BCUT2D eigenvalue weighted by Gasteiger charge is 2.39. The largest absolute Gasteiger partial charge is 0.480 e. The average molecular weight is 287 g/mol. The molecule has 3 rings (SSSR count). The van der Waals surface area contributed by atoms with Crippen molar-refractivity contribution in [3.05, 3.63) is 30.3 Å². The van der Waals surface area contributed by atoms with Gasteiger partial charge in [0.05, 0.1) is 0 Å². The Balaban J connectivity index is 1.71. The first-order valence-corrected chi connectivity index (χ1v) is 8.22. The second-order valence-corrected chi connectivity index (χ2v) is 6.80. The lowest BCUT2D eigenvalue weighted by Gasteiger charge is -2.42. The number of hydrogen-bond donors (Lipinski definition) is 1. The van der Waals surface area contributed by atoms with E-state index in [0.717, 1.165) is 18.5 Å². The summed E-state index contributed by atoms with van der Waals surface area (Å²) in [5.41, 5.74) is 1.65. The summed E-state index contributed by atoms with van der Waals surface area (Å²) in [5, 5.41) is 9.24. The van der Waals surface area contributed by atoms with Crippen LogP contribution in [0.1, 0.15) is 51.4 Å². The Morgan fingerprint density at radius 3 is 2.29 bits per heavy atom. The maximum Gasteiger partial charge on any atom is 0.323 e. The highest BCUT2D eigenvalue weighted by atomic mass is 16.4. The lowest BCUT2D eigenvalue weighted by molar-refractivity contribution is -0.135. The zero-order chi connectivity index (χ0) is 14.7. The van der Waals surface area contributed by atoms with Gasteiger partial charge >= 0.3 is 5.97 Å². The maximum absolute atomic E-state index is 11.2. The van der Waals surface area contributed by atoms with Gasteiger partial charge in [-0.3, -0.25) is 4.79 Å². The lowest BCUT2D eigenvalue weighted by Crippen LogP contribution is -2.43. The van der Waals surface area contributed by atoms with Crippen LogP contribution in [0.4, 0.5) is 5.69 Å². The molecule has 0 heterocycles. The molecular weight excluding hydrogens is 262 g/mol. The van der Waals surface area contributed by atoms with Crippen LogP contribution in [-0.4, -0.2) is 23.7 Å². The number of rotatable bonds is 4. The van der Waals surface area contributed by atoms with Gasteiger partial charge in [0.1, 0.15) is 6.54 Å². The number of aliphatic carboxylic acids is 1. The summed E-state index contributed by atoms with van der Waals surface area (Å²) >= 11 is 0. The van der Waals surface area contributed by atoms with Gasteiger partial charge < -0.3 is 10.0 Å². The maximum atomic E-state index is 11.2. The van der Waals surface area contributed by atoms with Crippen LogP contribution in [-0.2, 0) is 4.79 Å². The van der Waals surface area contributed by atoms with Crippen LogP contribution in [0.2, 0.25) is 0 Å². The number of carboxylic acid groups (broad SMARTS) is 1. The summed E-state index contributed by atoms with van der Waals surface area (Å²) in [6.07, 6.45) is 10.4. The predicted molar refractivity (Wildman–Crippen MR) is 84.6 cm³/mol. The van der Waals surface area contributed by atoms with Gasteiger partial charge in [-0.25, -0.2) is 0 Å². The monoisotopic (exact) mass is 287 g/mol. The highest BCUT2D eigenvalue weighted by molar-refractivity contribution is 5.74. The summed E-state index contributed by atoms with van der Waals surface area (Å²) < 4.78 is 0. The van der Waals surface area contributed by atoms with Crippen LogP contribution in [0.15, 0.2) is 30.3 Å². The van der Waals surface area contributed by atoms with Crippen LogP contribution >= 0.6 is 0 Å². The predicted octanol–water partition coefficient (Wildman–Crippen LogP) is 4.08. The molecule has 114 valence electrons. The van der Waals surface area contributed by atoms with E-state index < -0.39 is 5.97 Å². The molecule has 1 N–H and O–H groups in total. The van der Waals surface area contributed by atoms with Gasteiger partial charge in [-0.1, -0.05) is 31.0 Å². The van der Waals surface area contributed by atoms with Gasteiger partial charge in [0, 0.05) is 11.7 Å². The lowest BCUT2D eigenvalue weighted by atomic mass is 9.71. The molecule has 2 aliphatic carbocycles. The summed E-state index contributed by atoms with van der Waals surface area (Å²) in [6, 6.07) is 10.4. The van der Waals surface area contributed by atoms with E-state index in [9.17, 15) is 9.90 Å². The molecule has 0 radical (unpaired) electrons. The number of benzene rings is 1. The molecular formula is C18H25NO2. The van der Waals surface area contributed by atoms with Crippen molar-refractivity contribution in [2.45, 2.75) is 57.4 Å². The van der Waals surface area contributed by atoms with Gasteiger partial charge in [0.15, 0.2) is 0 Å². The molecule has 0 saturated heterocycles.